The molecule has 1 heterocycles. The summed E-state index contributed by atoms with van der Waals surface area (Å²) in [6, 6.07) is 14.7. The normalized spacial score (nSPS) is 15.8. The summed E-state index contributed by atoms with van der Waals surface area (Å²) < 4.78 is 39.6. The first-order valence-electron chi connectivity index (χ1n) is 10.3. The second-order valence-electron chi connectivity index (χ2n) is 6.56. The molecule has 0 aliphatic carbocycles. The van der Waals surface area contributed by atoms with E-state index in [1.807, 2.05) is 48.5 Å². The topological polar surface area (TPSA) is 81.7 Å². The number of esters is 1. The fraction of sp³-hybridized carbons (Fsp3) is 0.435. The lowest BCUT2D eigenvalue weighted by molar-refractivity contribution is -0.151. The average Bonchev–Trinajstić information content (AvgIpc) is 2.79. The lowest BCUT2D eigenvalue weighted by Gasteiger charge is -2.21. The van der Waals surface area contributed by atoms with Crippen LogP contribution in [0, 0.1) is 0 Å². The quantitative estimate of drug-likeness (QED) is 0.683. The van der Waals surface area contributed by atoms with Gasteiger partial charge in [0.15, 0.2) is 23.0 Å². The number of carbonyl (C=O) groups excluding carboxylic acids is 1. The molecule has 8 nitrogen and oxygen atoms in total. The van der Waals surface area contributed by atoms with Gasteiger partial charge in [0, 0.05) is 0 Å². The van der Waals surface area contributed by atoms with Crippen LogP contribution < -0.4 is 18.9 Å². The van der Waals surface area contributed by atoms with E-state index in [-0.39, 0.29) is 19.8 Å². The van der Waals surface area contributed by atoms with Gasteiger partial charge in [0.25, 0.3) is 0 Å². The molecule has 1 aliphatic rings. The molecule has 0 amide bonds. The molecule has 8 heteroatoms. The predicted molar refractivity (Wildman–Crippen MR) is 112 cm³/mol. The van der Waals surface area contributed by atoms with Crippen LogP contribution in [0.3, 0.4) is 0 Å². The minimum Gasteiger partial charge on any atom is -0.487 e. The molecule has 0 saturated heterocycles. The van der Waals surface area contributed by atoms with Crippen LogP contribution in [0.1, 0.15) is 6.92 Å². The van der Waals surface area contributed by atoms with Gasteiger partial charge in [-0.05, 0) is 31.2 Å². The molecule has 0 fully saturated rings. The second kappa shape index (κ2) is 12.7. The van der Waals surface area contributed by atoms with Gasteiger partial charge in [-0.3, -0.25) is 0 Å². The van der Waals surface area contributed by atoms with Crippen molar-refractivity contribution in [1.82, 2.24) is 0 Å². The smallest absolute Gasteiger partial charge is 0.332 e. The van der Waals surface area contributed by atoms with Crippen molar-refractivity contribution in [2.45, 2.75) is 13.0 Å². The fourth-order valence-electron chi connectivity index (χ4n) is 2.80. The van der Waals surface area contributed by atoms with Crippen LogP contribution in [0.15, 0.2) is 48.5 Å². The molecule has 0 saturated carbocycles. The van der Waals surface area contributed by atoms with Crippen LogP contribution in [0.4, 0.5) is 0 Å². The van der Waals surface area contributed by atoms with E-state index in [9.17, 15) is 4.79 Å². The number of ether oxygens (including phenoxy) is 7. The maximum Gasteiger partial charge on any atom is 0.332 e. The van der Waals surface area contributed by atoms with Crippen LogP contribution in [0.25, 0.3) is 0 Å². The van der Waals surface area contributed by atoms with E-state index in [1.54, 1.807) is 6.92 Å². The van der Waals surface area contributed by atoms with Crippen molar-refractivity contribution in [2.75, 3.05) is 52.9 Å². The molecular weight excluding hydrogens is 404 g/mol. The van der Waals surface area contributed by atoms with E-state index < -0.39 is 12.1 Å². The van der Waals surface area contributed by atoms with Crippen molar-refractivity contribution in [1.29, 1.82) is 0 Å². The number of para-hydroxylation sites is 4. The Morgan fingerprint density at radius 2 is 1.29 bits per heavy atom. The molecule has 3 rings (SSSR count). The monoisotopic (exact) mass is 432 g/mol. The Kier molecular flexibility index (Phi) is 9.28. The molecule has 2 aromatic carbocycles. The minimum atomic E-state index is -0.526. The molecule has 1 aliphatic heterocycles. The largest absolute Gasteiger partial charge is 0.487 e. The zero-order chi connectivity index (χ0) is 21.7. The summed E-state index contributed by atoms with van der Waals surface area (Å²) in [4.78, 5) is 11.7. The van der Waals surface area contributed by atoms with Crippen LogP contribution in [-0.4, -0.2) is 64.9 Å². The Morgan fingerprint density at radius 1 is 0.806 bits per heavy atom. The van der Waals surface area contributed by atoms with Crippen molar-refractivity contribution >= 4 is 5.97 Å². The number of hydrogen-bond acceptors (Lipinski definition) is 8. The molecular formula is C23H28O8. The van der Waals surface area contributed by atoms with E-state index >= 15 is 0 Å². The van der Waals surface area contributed by atoms with E-state index in [4.69, 9.17) is 33.2 Å². The Balaban J connectivity index is 1.72. The summed E-state index contributed by atoms with van der Waals surface area (Å²) in [5.41, 5.74) is 0. The third kappa shape index (κ3) is 7.66. The Labute approximate surface area is 181 Å². The Morgan fingerprint density at radius 3 is 1.77 bits per heavy atom. The highest BCUT2D eigenvalue weighted by Crippen LogP contribution is 2.28. The van der Waals surface area contributed by atoms with Crippen molar-refractivity contribution in [3.05, 3.63) is 48.5 Å². The van der Waals surface area contributed by atoms with Gasteiger partial charge in [0.2, 0.25) is 0 Å². The number of fused-ring (bicyclic) bond motifs is 2. The van der Waals surface area contributed by atoms with Gasteiger partial charge in [-0.1, -0.05) is 24.3 Å². The molecule has 0 bridgehead atoms. The fourth-order valence-corrected chi connectivity index (χ4v) is 2.80. The SMILES string of the molecule is CCOC(=O)COC1COc2ccccc2OCCOCCOc2ccccc2OC1. The third-order valence-electron chi connectivity index (χ3n) is 4.26. The van der Waals surface area contributed by atoms with Crippen LogP contribution in [-0.2, 0) is 19.0 Å². The van der Waals surface area contributed by atoms with E-state index in [0.717, 1.165) is 0 Å². The highest BCUT2D eigenvalue weighted by atomic mass is 16.6. The average molecular weight is 432 g/mol. The van der Waals surface area contributed by atoms with Crippen LogP contribution in [0.5, 0.6) is 23.0 Å². The number of carbonyl (C=O) groups is 1. The standard InChI is InChI=1S/C23H28O8/c1-2-26-23(24)17-29-18-15-30-21-9-5-3-7-19(21)27-13-11-25-12-14-28-20-8-4-6-10-22(20)31-16-18/h3-10,18H,2,11-17H2,1H3. The number of hydrogen-bond donors (Lipinski definition) is 0. The first-order chi connectivity index (χ1) is 15.3. The molecule has 0 unspecified atom stereocenters. The Hall–Kier alpha value is -2.97. The minimum absolute atomic E-state index is 0.152. The number of rotatable bonds is 4. The summed E-state index contributed by atoms with van der Waals surface area (Å²) in [6.45, 7) is 3.74. The molecule has 0 N–H and O–H groups in total. The second-order valence-corrected chi connectivity index (χ2v) is 6.56. The summed E-state index contributed by atoms with van der Waals surface area (Å²) in [7, 11) is 0. The first-order valence-corrected chi connectivity index (χ1v) is 10.3. The molecule has 0 atom stereocenters. The molecule has 0 spiro atoms. The van der Waals surface area contributed by atoms with E-state index in [2.05, 4.69) is 0 Å². The molecule has 0 aromatic heterocycles. The maximum atomic E-state index is 11.7. The summed E-state index contributed by atoms with van der Waals surface area (Å²) >= 11 is 0. The zero-order valence-electron chi connectivity index (χ0n) is 17.6. The summed E-state index contributed by atoms with van der Waals surface area (Å²) in [5.74, 6) is 1.91. The molecule has 168 valence electrons. The zero-order valence-corrected chi connectivity index (χ0v) is 17.6. The Bertz CT molecular complexity index is 754. The van der Waals surface area contributed by atoms with Gasteiger partial charge in [-0.25, -0.2) is 4.79 Å². The lowest BCUT2D eigenvalue weighted by atomic mass is 10.3. The molecule has 2 aromatic rings. The van der Waals surface area contributed by atoms with Gasteiger partial charge in [0.1, 0.15) is 39.1 Å². The summed E-state index contributed by atoms with van der Waals surface area (Å²) in [6.07, 6.45) is -0.526. The summed E-state index contributed by atoms with van der Waals surface area (Å²) in [5, 5.41) is 0. The van der Waals surface area contributed by atoms with Gasteiger partial charge in [0.05, 0.1) is 19.8 Å². The number of benzene rings is 2. The lowest BCUT2D eigenvalue weighted by Crippen LogP contribution is -2.31. The van der Waals surface area contributed by atoms with Crippen molar-refractivity contribution < 1.29 is 38.0 Å². The van der Waals surface area contributed by atoms with Crippen LogP contribution in [0.2, 0.25) is 0 Å². The van der Waals surface area contributed by atoms with Gasteiger partial charge in [-0.2, -0.15) is 0 Å². The van der Waals surface area contributed by atoms with Crippen molar-refractivity contribution in [2.24, 2.45) is 0 Å². The molecule has 0 radical (unpaired) electrons. The van der Waals surface area contributed by atoms with E-state index in [0.29, 0.717) is 56.0 Å². The van der Waals surface area contributed by atoms with Crippen molar-refractivity contribution in [3.8, 4) is 23.0 Å². The first kappa shape index (κ1) is 22.7. The highest BCUT2D eigenvalue weighted by Gasteiger charge is 2.17. The maximum absolute atomic E-state index is 11.7. The van der Waals surface area contributed by atoms with E-state index in [1.165, 1.54) is 0 Å². The van der Waals surface area contributed by atoms with Crippen molar-refractivity contribution in [3.63, 3.8) is 0 Å². The van der Waals surface area contributed by atoms with Gasteiger partial charge in [-0.15, -0.1) is 0 Å². The van der Waals surface area contributed by atoms with Gasteiger partial charge < -0.3 is 33.2 Å². The van der Waals surface area contributed by atoms with Crippen LogP contribution >= 0.6 is 0 Å². The predicted octanol–water partition coefficient (Wildman–Crippen LogP) is 2.88. The third-order valence-corrected chi connectivity index (χ3v) is 4.26. The van der Waals surface area contributed by atoms with Gasteiger partial charge >= 0.3 is 5.97 Å². The molecule has 31 heavy (non-hydrogen) atoms. The highest BCUT2D eigenvalue weighted by molar-refractivity contribution is 5.70.